The van der Waals surface area contributed by atoms with Crippen molar-refractivity contribution in [1.29, 1.82) is 0 Å². The number of methoxy groups -OCH3 is 1. The van der Waals surface area contributed by atoms with Crippen LogP contribution in [0.25, 0.3) is 0 Å². The second-order valence-corrected chi connectivity index (χ2v) is 10.8. The standard InChI is InChI=1S/C27H42N4O4/c1-18-14-31(15-20-9-10-20)19(2)17-35-24-12-11-22(29-27(33)28-21-7-5-6-8-21)13-23(24)26(32)30(3)16-25(18)34-4/h11-13,18-21,25H,5-10,14-17H2,1-4H3,(H2,28,29,33)/t18-,19+,25-/m1/s1. The van der Waals surface area contributed by atoms with Crippen LogP contribution in [0.4, 0.5) is 10.5 Å². The van der Waals surface area contributed by atoms with Gasteiger partial charge in [-0.25, -0.2) is 4.79 Å². The molecule has 0 saturated heterocycles. The number of urea groups is 1. The van der Waals surface area contributed by atoms with Gasteiger partial charge in [-0.05, 0) is 62.6 Å². The highest BCUT2D eigenvalue weighted by molar-refractivity contribution is 5.99. The van der Waals surface area contributed by atoms with Crippen molar-refractivity contribution in [2.24, 2.45) is 11.8 Å². The van der Waals surface area contributed by atoms with Gasteiger partial charge in [-0.15, -0.1) is 0 Å². The minimum Gasteiger partial charge on any atom is -0.491 e. The van der Waals surface area contributed by atoms with Gasteiger partial charge in [-0.2, -0.15) is 0 Å². The number of ether oxygens (including phenoxy) is 2. The normalized spacial score (nSPS) is 26.9. The number of hydrogen-bond acceptors (Lipinski definition) is 5. The molecule has 4 rings (SSSR count). The average Bonchev–Trinajstić information content (AvgIpc) is 3.51. The van der Waals surface area contributed by atoms with Crippen molar-refractivity contribution in [3.63, 3.8) is 0 Å². The zero-order valence-corrected chi connectivity index (χ0v) is 21.7. The Balaban J connectivity index is 1.54. The van der Waals surface area contributed by atoms with Crippen molar-refractivity contribution < 1.29 is 19.1 Å². The number of carbonyl (C=O) groups excluding carboxylic acids is 2. The number of likely N-dealkylation sites (N-methyl/N-ethyl adjacent to an activating group) is 1. The second kappa shape index (κ2) is 11.6. The van der Waals surface area contributed by atoms with E-state index in [1.54, 1.807) is 37.3 Å². The van der Waals surface area contributed by atoms with Crippen molar-refractivity contribution in [2.75, 3.05) is 45.7 Å². The van der Waals surface area contributed by atoms with E-state index in [0.717, 1.165) is 44.7 Å². The Labute approximate surface area is 209 Å². The van der Waals surface area contributed by atoms with Gasteiger partial charge in [-0.3, -0.25) is 9.69 Å². The second-order valence-electron chi connectivity index (χ2n) is 10.8. The van der Waals surface area contributed by atoms with Crippen LogP contribution in [-0.2, 0) is 4.74 Å². The fraction of sp³-hybridized carbons (Fsp3) is 0.704. The lowest BCUT2D eigenvalue weighted by Gasteiger charge is -2.36. The Morgan fingerprint density at radius 3 is 2.57 bits per heavy atom. The van der Waals surface area contributed by atoms with E-state index in [2.05, 4.69) is 29.4 Å². The zero-order valence-electron chi connectivity index (χ0n) is 21.7. The summed E-state index contributed by atoms with van der Waals surface area (Å²) in [5.74, 6) is 1.45. The summed E-state index contributed by atoms with van der Waals surface area (Å²) in [7, 11) is 3.52. The van der Waals surface area contributed by atoms with Crippen LogP contribution in [0.1, 0.15) is 62.7 Å². The van der Waals surface area contributed by atoms with E-state index in [-0.39, 0.29) is 36.0 Å². The first kappa shape index (κ1) is 25.8. The Kier molecular flexibility index (Phi) is 8.55. The Hall–Kier alpha value is -2.32. The molecule has 1 aromatic carbocycles. The Morgan fingerprint density at radius 1 is 1.14 bits per heavy atom. The fourth-order valence-electron chi connectivity index (χ4n) is 5.24. The van der Waals surface area contributed by atoms with Gasteiger partial charge < -0.3 is 25.0 Å². The lowest BCUT2D eigenvalue weighted by Crippen LogP contribution is -2.47. The van der Waals surface area contributed by atoms with Gasteiger partial charge in [0.2, 0.25) is 0 Å². The van der Waals surface area contributed by atoms with Gasteiger partial charge in [0, 0.05) is 51.6 Å². The highest BCUT2D eigenvalue weighted by Gasteiger charge is 2.31. The van der Waals surface area contributed by atoms with Gasteiger partial charge in [0.05, 0.1) is 11.7 Å². The van der Waals surface area contributed by atoms with Crippen LogP contribution in [0.5, 0.6) is 5.75 Å². The maximum atomic E-state index is 13.5. The van der Waals surface area contributed by atoms with Crippen LogP contribution >= 0.6 is 0 Å². The van der Waals surface area contributed by atoms with Gasteiger partial charge in [-0.1, -0.05) is 19.8 Å². The predicted molar refractivity (Wildman–Crippen MR) is 137 cm³/mol. The van der Waals surface area contributed by atoms with Crippen molar-refractivity contribution in [1.82, 2.24) is 15.1 Å². The molecule has 2 N–H and O–H groups in total. The molecule has 2 fully saturated rings. The molecule has 3 atom stereocenters. The third kappa shape index (κ3) is 6.88. The smallest absolute Gasteiger partial charge is 0.319 e. The number of carbonyl (C=O) groups is 2. The minimum absolute atomic E-state index is 0.0693. The maximum Gasteiger partial charge on any atom is 0.319 e. The molecule has 0 radical (unpaired) electrons. The molecule has 194 valence electrons. The number of anilines is 1. The molecule has 8 nitrogen and oxygen atoms in total. The first-order valence-corrected chi connectivity index (χ1v) is 13.2. The lowest BCUT2D eigenvalue weighted by atomic mass is 10.0. The molecule has 0 bridgehead atoms. The van der Waals surface area contributed by atoms with E-state index in [1.165, 1.54) is 12.8 Å². The van der Waals surface area contributed by atoms with Gasteiger partial charge >= 0.3 is 6.03 Å². The Bertz CT molecular complexity index is 884. The first-order chi connectivity index (χ1) is 16.8. The van der Waals surface area contributed by atoms with Crippen LogP contribution < -0.4 is 15.4 Å². The van der Waals surface area contributed by atoms with E-state index in [4.69, 9.17) is 9.47 Å². The average molecular weight is 487 g/mol. The molecule has 0 spiro atoms. The van der Waals surface area contributed by atoms with Crippen molar-refractivity contribution >= 4 is 17.6 Å². The molecule has 2 saturated carbocycles. The topological polar surface area (TPSA) is 83.1 Å². The number of amides is 3. The van der Waals surface area contributed by atoms with Crippen LogP contribution in [0.3, 0.4) is 0 Å². The van der Waals surface area contributed by atoms with Gasteiger partial charge in [0.1, 0.15) is 12.4 Å². The number of fused-ring (bicyclic) bond motifs is 1. The number of hydrogen-bond donors (Lipinski definition) is 2. The third-order valence-corrected chi connectivity index (χ3v) is 7.71. The molecular weight excluding hydrogens is 444 g/mol. The van der Waals surface area contributed by atoms with Crippen LogP contribution in [0.15, 0.2) is 18.2 Å². The third-order valence-electron chi connectivity index (χ3n) is 7.71. The van der Waals surface area contributed by atoms with Gasteiger partial charge in [0.15, 0.2) is 0 Å². The fourth-order valence-corrected chi connectivity index (χ4v) is 5.24. The largest absolute Gasteiger partial charge is 0.491 e. The number of benzene rings is 1. The van der Waals surface area contributed by atoms with E-state index in [1.807, 2.05) is 0 Å². The molecule has 0 aromatic heterocycles. The summed E-state index contributed by atoms with van der Waals surface area (Å²) in [6.07, 6.45) is 6.87. The molecule has 3 amide bonds. The molecule has 1 aliphatic heterocycles. The Morgan fingerprint density at radius 2 is 1.89 bits per heavy atom. The van der Waals surface area contributed by atoms with Crippen LogP contribution in [-0.4, -0.2) is 80.3 Å². The number of rotatable bonds is 5. The van der Waals surface area contributed by atoms with Crippen LogP contribution in [0, 0.1) is 11.8 Å². The zero-order chi connectivity index (χ0) is 24.9. The molecule has 2 aliphatic carbocycles. The summed E-state index contributed by atoms with van der Waals surface area (Å²) in [4.78, 5) is 30.2. The van der Waals surface area contributed by atoms with E-state index < -0.39 is 0 Å². The molecular formula is C27H42N4O4. The summed E-state index contributed by atoms with van der Waals surface area (Å²) in [6, 6.07) is 5.54. The summed E-state index contributed by atoms with van der Waals surface area (Å²) in [6.45, 7) is 7.36. The summed E-state index contributed by atoms with van der Waals surface area (Å²) in [5.41, 5.74) is 1.03. The molecule has 8 heteroatoms. The monoisotopic (exact) mass is 486 g/mol. The lowest BCUT2D eigenvalue weighted by molar-refractivity contribution is 0.00994. The van der Waals surface area contributed by atoms with E-state index in [9.17, 15) is 9.59 Å². The number of nitrogens with one attached hydrogen (secondary N) is 2. The molecule has 1 heterocycles. The predicted octanol–water partition coefficient (Wildman–Crippen LogP) is 3.97. The highest BCUT2D eigenvalue weighted by atomic mass is 16.5. The van der Waals surface area contributed by atoms with Crippen molar-refractivity contribution in [3.05, 3.63) is 23.8 Å². The van der Waals surface area contributed by atoms with Gasteiger partial charge in [0.25, 0.3) is 5.91 Å². The SMILES string of the molecule is CO[C@@H]1CN(C)C(=O)c2cc(NC(=O)NC3CCCC3)ccc2OC[C@H](C)N(CC2CC2)C[C@H]1C. The quantitative estimate of drug-likeness (QED) is 0.658. The summed E-state index contributed by atoms with van der Waals surface area (Å²) >= 11 is 0. The molecule has 0 unspecified atom stereocenters. The van der Waals surface area contributed by atoms with E-state index >= 15 is 0 Å². The summed E-state index contributed by atoms with van der Waals surface area (Å²) in [5, 5.41) is 5.94. The van der Waals surface area contributed by atoms with Crippen molar-refractivity contribution in [3.8, 4) is 5.75 Å². The minimum atomic E-state index is -0.232. The molecule has 1 aromatic rings. The number of nitrogens with zero attached hydrogens (tertiary/aromatic N) is 2. The molecule has 35 heavy (non-hydrogen) atoms. The first-order valence-electron chi connectivity index (χ1n) is 13.2. The van der Waals surface area contributed by atoms with Crippen molar-refractivity contribution in [2.45, 2.75) is 70.6 Å². The van der Waals surface area contributed by atoms with E-state index in [0.29, 0.717) is 30.2 Å². The highest BCUT2D eigenvalue weighted by Crippen LogP contribution is 2.32. The van der Waals surface area contributed by atoms with Crippen LogP contribution in [0.2, 0.25) is 0 Å². The summed E-state index contributed by atoms with van der Waals surface area (Å²) < 4.78 is 12.1. The maximum absolute atomic E-state index is 13.5. The molecule has 3 aliphatic rings.